The van der Waals surface area contributed by atoms with E-state index in [0.29, 0.717) is 28.0 Å². The molecule has 2 aromatic rings. The van der Waals surface area contributed by atoms with Gasteiger partial charge in [-0.25, -0.2) is 4.98 Å². The fourth-order valence-electron chi connectivity index (χ4n) is 2.16. The van der Waals surface area contributed by atoms with E-state index in [1.165, 1.54) is 6.33 Å². The number of nitrogens with two attached hydrogens (primary N) is 1. The molecule has 5 nitrogen and oxygen atoms in total. The van der Waals surface area contributed by atoms with Gasteiger partial charge in [0.2, 0.25) is 0 Å². The van der Waals surface area contributed by atoms with Gasteiger partial charge in [0.25, 0.3) is 5.56 Å². The third-order valence-electron chi connectivity index (χ3n) is 3.65. The molecule has 0 spiro atoms. The lowest BCUT2D eigenvalue weighted by molar-refractivity contribution is 0.631. The van der Waals surface area contributed by atoms with Crippen molar-refractivity contribution in [3.8, 4) is 0 Å². The van der Waals surface area contributed by atoms with Gasteiger partial charge in [-0.1, -0.05) is 13.8 Å². The zero-order chi connectivity index (χ0) is 12.9. The van der Waals surface area contributed by atoms with Crippen molar-refractivity contribution in [2.75, 3.05) is 11.1 Å². The molecule has 0 amide bonds. The highest BCUT2D eigenvalue weighted by atomic mass is 16.1. The lowest BCUT2D eigenvalue weighted by atomic mass is 10.1. The topological polar surface area (TPSA) is 83.8 Å². The second-order valence-corrected chi connectivity index (χ2v) is 5.58. The van der Waals surface area contributed by atoms with Crippen LogP contribution in [0, 0.1) is 5.41 Å². The average Bonchev–Trinajstić information content (AvgIpc) is 2.89. The Morgan fingerprint density at radius 2 is 2.22 bits per heavy atom. The minimum atomic E-state index is -0.162. The van der Waals surface area contributed by atoms with Crippen LogP contribution in [-0.4, -0.2) is 16.0 Å². The maximum Gasteiger partial charge on any atom is 0.258 e. The molecule has 1 saturated carbocycles. The smallest absolute Gasteiger partial charge is 0.258 e. The minimum absolute atomic E-state index is 0.162. The maximum absolute atomic E-state index is 11.6. The fraction of sp³-hybridized carbons (Fsp3) is 0.385. The van der Waals surface area contributed by atoms with Crippen LogP contribution in [0.5, 0.6) is 0 Å². The Kier molecular flexibility index (Phi) is 2.14. The van der Waals surface area contributed by atoms with Gasteiger partial charge in [0.15, 0.2) is 0 Å². The average molecular weight is 244 g/mol. The molecule has 1 aromatic heterocycles. The highest BCUT2D eigenvalue weighted by Gasteiger charge is 2.45. The number of hydrogen-bond donors (Lipinski definition) is 3. The number of nitrogen functional groups attached to an aromatic ring is 1. The van der Waals surface area contributed by atoms with Gasteiger partial charge in [0.05, 0.1) is 28.6 Å². The number of aromatic nitrogens is 2. The van der Waals surface area contributed by atoms with Crippen LogP contribution in [0.4, 0.5) is 11.4 Å². The number of rotatable bonds is 2. The number of benzene rings is 1. The van der Waals surface area contributed by atoms with Crippen molar-refractivity contribution in [3.05, 3.63) is 28.8 Å². The van der Waals surface area contributed by atoms with Crippen LogP contribution >= 0.6 is 0 Å². The summed E-state index contributed by atoms with van der Waals surface area (Å²) in [5, 5.41) is 3.93. The van der Waals surface area contributed by atoms with Gasteiger partial charge < -0.3 is 16.0 Å². The fourth-order valence-corrected chi connectivity index (χ4v) is 2.16. The Hall–Kier alpha value is -2.04. The highest BCUT2D eigenvalue weighted by molar-refractivity contribution is 5.88. The van der Waals surface area contributed by atoms with Crippen LogP contribution in [0.1, 0.15) is 20.3 Å². The van der Waals surface area contributed by atoms with E-state index in [9.17, 15) is 4.79 Å². The number of fused-ring (bicyclic) bond motifs is 1. The van der Waals surface area contributed by atoms with E-state index in [2.05, 4.69) is 29.1 Å². The zero-order valence-electron chi connectivity index (χ0n) is 10.4. The first-order valence-electron chi connectivity index (χ1n) is 6.01. The molecule has 1 aliphatic rings. The first-order chi connectivity index (χ1) is 8.47. The van der Waals surface area contributed by atoms with Gasteiger partial charge in [-0.05, 0) is 24.0 Å². The Balaban J connectivity index is 2.03. The van der Waals surface area contributed by atoms with Crippen LogP contribution in [-0.2, 0) is 0 Å². The summed E-state index contributed by atoms with van der Waals surface area (Å²) in [6.07, 6.45) is 2.54. The van der Waals surface area contributed by atoms with Crippen molar-refractivity contribution in [2.24, 2.45) is 5.41 Å². The van der Waals surface area contributed by atoms with Crippen LogP contribution in [0.25, 0.3) is 10.9 Å². The second-order valence-electron chi connectivity index (χ2n) is 5.58. The second kappa shape index (κ2) is 3.48. The summed E-state index contributed by atoms with van der Waals surface area (Å²) < 4.78 is 0. The molecule has 94 valence electrons. The van der Waals surface area contributed by atoms with E-state index in [1.54, 1.807) is 6.07 Å². The summed E-state index contributed by atoms with van der Waals surface area (Å²) in [5.74, 6) is 0. The summed E-state index contributed by atoms with van der Waals surface area (Å²) in [7, 11) is 0. The van der Waals surface area contributed by atoms with E-state index >= 15 is 0 Å². The van der Waals surface area contributed by atoms with Gasteiger partial charge in [-0.3, -0.25) is 4.79 Å². The van der Waals surface area contributed by atoms with E-state index in [4.69, 9.17) is 5.73 Å². The molecule has 0 bridgehead atoms. The molecular formula is C13H16N4O. The van der Waals surface area contributed by atoms with Crippen LogP contribution in [0.3, 0.4) is 0 Å². The summed E-state index contributed by atoms with van der Waals surface area (Å²) >= 11 is 0. The molecule has 1 aliphatic carbocycles. The molecule has 1 fully saturated rings. The van der Waals surface area contributed by atoms with Gasteiger partial charge in [0.1, 0.15) is 0 Å². The van der Waals surface area contributed by atoms with Gasteiger partial charge in [-0.2, -0.15) is 0 Å². The molecule has 1 heterocycles. The SMILES string of the molecule is CC1(C)CC1Nc1cc2nc[nH]c(=O)c2cc1N. The number of anilines is 2. The van der Waals surface area contributed by atoms with Gasteiger partial charge in [-0.15, -0.1) is 0 Å². The van der Waals surface area contributed by atoms with Crippen molar-refractivity contribution < 1.29 is 0 Å². The normalized spacial score (nSPS) is 20.9. The third kappa shape index (κ3) is 1.72. The molecule has 1 aromatic carbocycles. The molecular weight excluding hydrogens is 228 g/mol. The Morgan fingerprint density at radius 3 is 2.89 bits per heavy atom. The number of aromatic amines is 1. The summed E-state index contributed by atoms with van der Waals surface area (Å²) in [6, 6.07) is 3.96. The van der Waals surface area contributed by atoms with Crippen LogP contribution < -0.4 is 16.6 Å². The van der Waals surface area contributed by atoms with E-state index in [1.807, 2.05) is 6.07 Å². The first-order valence-corrected chi connectivity index (χ1v) is 6.01. The van der Waals surface area contributed by atoms with Crippen molar-refractivity contribution in [1.82, 2.24) is 9.97 Å². The predicted octanol–water partition coefficient (Wildman–Crippen LogP) is 1.72. The standard InChI is InChI=1S/C13H16N4O/c1-13(2)5-11(13)17-10-4-9-7(3-8(10)14)12(18)16-6-15-9/h3-4,6,11,17H,5,14H2,1-2H3,(H,15,16,18). The molecule has 0 saturated heterocycles. The third-order valence-corrected chi connectivity index (χ3v) is 3.65. The molecule has 0 radical (unpaired) electrons. The quantitative estimate of drug-likeness (QED) is 0.702. The number of hydrogen-bond acceptors (Lipinski definition) is 4. The van der Waals surface area contributed by atoms with Crippen molar-refractivity contribution in [2.45, 2.75) is 26.3 Å². The molecule has 1 unspecified atom stereocenters. The molecule has 3 rings (SSSR count). The number of nitrogens with one attached hydrogen (secondary N) is 2. The van der Waals surface area contributed by atoms with Crippen molar-refractivity contribution >= 4 is 22.3 Å². The van der Waals surface area contributed by atoms with E-state index in [0.717, 1.165) is 12.1 Å². The lowest BCUT2D eigenvalue weighted by Gasteiger charge is -2.11. The summed E-state index contributed by atoms with van der Waals surface area (Å²) in [4.78, 5) is 18.3. The lowest BCUT2D eigenvalue weighted by Crippen LogP contribution is -2.12. The maximum atomic E-state index is 11.6. The Bertz CT molecular complexity index is 674. The van der Waals surface area contributed by atoms with Crippen molar-refractivity contribution in [3.63, 3.8) is 0 Å². The van der Waals surface area contributed by atoms with Crippen LogP contribution in [0.15, 0.2) is 23.3 Å². The largest absolute Gasteiger partial charge is 0.397 e. The van der Waals surface area contributed by atoms with Crippen LogP contribution in [0.2, 0.25) is 0 Å². The number of nitrogens with zero attached hydrogens (tertiary/aromatic N) is 1. The highest BCUT2D eigenvalue weighted by Crippen LogP contribution is 2.47. The zero-order valence-corrected chi connectivity index (χ0v) is 10.4. The van der Waals surface area contributed by atoms with Crippen molar-refractivity contribution in [1.29, 1.82) is 0 Å². The Morgan fingerprint density at radius 1 is 1.50 bits per heavy atom. The van der Waals surface area contributed by atoms with Gasteiger partial charge in [0, 0.05) is 6.04 Å². The summed E-state index contributed by atoms with van der Waals surface area (Å²) in [5.41, 5.74) is 8.24. The predicted molar refractivity (Wildman–Crippen MR) is 72.6 cm³/mol. The van der Waals surface area contributed by atoms with E-state index < -0.39 is 0 Å². The minimum Gasteiger partial charge on any atom is -0.397 e. The number of H-pyrrole nitrogens is 1. The first kappa shape index (κ1) is 11.1. The molecule has 18 heavy (non-hydrogen) atoms. The molecule has 5 heteroatoms. The van der Waals surface area contributed by atoms with E-state index in [-0.39, 0.29) is 5.56 Å². The monoisotopic (exact) mass is 244 g/mol. The Labute approximate surface area is 104 Å². The van der Waals surface area contributed by atoms with Gasteiger partial charge >= 0.3 is 0 Å². The molecule has 1 atom stereocenters. The molecule has 0 aliphatic heterocycles. The summed E-state index contributed by atoms with van der Waals surface area (Å²) in [6.45, 7) is 4.43. The molecule has 4 N–H and O–H groups in total.